The van der Waals surface area contributed by atoms with Crippen molar-refractivity contribution in [1.29, 1.82) is 5.26 Å². The number of nitriles is 1. The maximum atomic E-state index is 11.2. The Morgan fingerprint density at radius 3 is 2.35 bits per heavy atom. The highest BCUT2D eigenvalue weighted by Crippen LogP contribution is 2.33. The van der Waals surface area contributed by atoms with Crippen LogP contribution in [0, 0.1) is 11.3 Å². The Morgan fingerprint density at radius 2 is 1.77 bits per heavy atom. The molecule has 1 amide bonds. The van der Waals surface area contributed by atoms with E-state index in [0.29, 0.717) is 16.9 Å². The smallest absolute Gasteiger partial charge is 0.232 e. The van der Waals surface area contributed by atoms with Crippen LogP contribution in [0.1, 0.15) is 12.5 Å². The summed E-state index contributed by atoms with van der Waals surface area (Å²) in [5.74, 6) is 0.164. The summed E-state index contributed by atoms with van der Waals surface area (Å²) in [4.78, 5) is 15.6. The standard InChI is InChI=1S/C21H17N3O2/c1-14(25)23-17-10-8-16(9-11-17)20-12-18(15-6-4-3-5-7-15)19(13-22)21(24-20)26-2/h3-12H,1-2H3,(H,23,25). The number of benzene rings is 2. The third-order valence-corrected chi connectivity index (χ3v) is 3.88. The van der Waals surface area contributed by atoms with Crippen molar-refractivity contribution in [3.63, 3.8) is 0 Å². The summed E-state index contributed by atoms with van der Waals surface area (Å²) < 4.78 is 5.35. The highest BCUT2D eigenvalue weighted by atomic mass is 16.5. The first kappa shape index (κ1) is 17.2. The van der Waals surface area contributed by atoms with Crippen LogP contribution in [-0.2, 0) is 4.79 Å². The maximum absolute atomic E-state index is 11.2. The van der Waals surface area contributed by atoms with E-state index < -0.39 is 0 Å². The van der Waals surface area contributed by atoms with Gasteiger partial charge >= 0.3 is 0 Å². The number of methoxy groups -OCH3 is 1. The van der Waals surface area contributed by atoms with E-state index >= 15 is 0 Å². The molecule has 1 N–H and O–H groups in total. The normalized spacial score (nSPS) is 10.0. The molecular weight excluding hydrogens is 326 g/mol. The second-order valence-electron chi connectivity index (χ2n) is 5.68. The van der Waals surface area contributed by atoms with Crippen molar-refractivity contribution in [3.05, 3.63) is 66.2 Å². The molecular formula is C21H17N3O2. The molecule has 0 saturated carbocycles. The highest BCUT2D eigenvalue weighted by molar-refractivity contribution is 5.89. The zero-order chi connectivity index (χ0) is 18.5. The van der Waals surface area contributed by atoms with Crippen molar-refractivity contribution in [2.24, 2.45) is 0 Å². The molecule has 0 saturated heterocycles. The predicted molar refractivity (Wildman–Crippen MR) is 101 cm³/mol. The van der Waals surface area contributed by atoms with Crippen LogP contribution < -0.4 is 10.1 Å². The van der Waals surface area contributed by atoms with Gasteiger partial charge in [0.25, 0.3) is 0 Å². The number of anilines is 1. The fourth-order valence-electron chi connectivity index (χ4n) is 2.70. The maximum Gasteiger partial charge on any atom is 0.232 e. The number of ether oxygens (including phenoxy) is 1. The van der Waals surface area contributed by atoms with E-state index in [0.717, 1.165) is 16.7 Å². The molecule has 3 rings (SSSR count). The molecule has 0 fully saturated rings. The number of hydrogen-bond donors (Lipinski definition) is 1. The van der Waals surface area contributed by atoms with E-state index in [1.165, 1.54) is 14.0 Å². The summed E-state index contributed by atoms with van der Waals surface area (Å²) >= 11 is 0. The molecule has 5 heteroatoms. The van der Waals surface area contributed by atoms with Gasteiger partial charge in [-0.15, -0.1) is 0 Å². The molecule has 3 aromatic rings. The van der Waals surface area contributed by atoms with Gasteiger partial charge in [0.15, 0.2) is 0 Å². The van der Waals surface area contributed by atoms with Crippen LogP contribution in [0.3, 0.4) is 0 Å². The number of carbonyl (C=O) groups is 1. The van der Waals surface area contributed by atoms with Gasteiger partial charge in [-0.05, 0) is 23.8 Å². The minimum absolute atomic E-state index is 0.123. The van der Waals surface area contributed by atoms with E-state index in [1.807, 2.05) is 60.7 Å². The van der Waals surface area contributed by atoms with Gasteiger partial charge in [-0.3, -0.25) is 4.79 Å². The molecule has 26 heavy (non-hydrogen) atoms. The van der Waals surface area contributed by atoms with Gasteiger partial charge in [-0.2, -0.15) is 5.26 Å². The Morgan fingerprint density at radius 1 is 1.08 bits per heavy atom. The first-order valence-electron chi connectivity index (χ1n) is 8.05. The van der Waals surface area contributed by atoms with Crippen molar-refractivity contribution in [1.82, 2.24) is 4.98 Å². The number of nitrogens with one attached hydrogen (secondary N) is 1. The first-order valence-corrected chi connectivity index (χ1v) is 8.05. The Balaban J connectivity index is 2.11. The van der Waals surface area contributed by atoms with Gasteiger partial charge in [-0.1, -0.05) is 42.5 Å². The van der Waals surface area contributed by atoms with Crippen LogP contribution >= 0.6 is 0 Å². The third kappa shape index (κ3) is 3.55. The van der Waals surface area contributed by atoms with Crippen molar-refractivity contribution >= 4 is 11.6 Å². The van der Waals surface area contributed by atoms with E-state index in [2.05, 4.69) is 16.4 Å². The molecule has 2 aromatic carbocycles. The topological polar surface area (TPSA) is 75.0 Å². The van der Waals surface area contributed by atoms with Gasteiger partial charge < -0.3 is 10.1 Å². The molecule has 5 nitrogen and oxygen atoms in total. The fourth-order valence-corrected chi connectivity index (χ4v) is 2.70. The number of aromatic nitrogens is 1. The predicted octanol–water partition coefficient (Wildman–Crippen LogP) is 4.25. The van der Waals surface area contributed by atoms with E-state index in [1.54, 1.807) is 0 Å². The lowest BCUT2D eigenvalue weighted by atomic mass is 9.99. The van der Waals surface area contributed by atoms with Crippen LogP contribution in [0.5, 0.6) is 5.88 Å². The molecule has 0 aliphatic carbocycles. The minimum Gasteiger partial charge on any atom is -0.480 e. The molecule has 1 heterocycles. The lowest BCUT2D eigenvalue weighted by Gasteiger charge is -2.12. The molecule has 0 aliphatic heterocycles. The number of rotatable bonds is 4. The van der Waals surface area contributed by atoms with Crippen LogP contribution in [0.4, 0.5) is 5.69 Å². The Hall–Kier alpha value is -3.65. The Kier molecular flexibility index (Phi) is 4.95. The second-order valence-corrected chi connectivity index (χ2v) is 5.68. The zero-order valence-electron chi connectivity index (χ0n) is 14.5. The lowest BCUT2D eigenvalue weighted by Crippen LogP contribution is -2.05. The number of nitrogens with zero attached hydrogens (tertiary/aromatic N) is 2. The molecule has 0 aliphatic rings. The van der Waals surface area contributed by atoms with Crippen molar-refractivity contribution in [2.75, 3.05) is 12.4 Å². The number of carbonyl (C=O) groups excluding carboxylic acids is 1. The van der Waals surface area contributed by atoms with Crippen LogP contribution in [0.25, 0.3) is 22.4 Å². The molecule has 128 valence electrons. The van der Waals surface area contributed by atoms with E-state index in [9.17, 15) is 10.1 Å². The molecule has 0 radical (unpaired) electrons. The highest BCUT2D eigenvalue weighted by Gasteiger charge is 2.15. The van der Waals surface area contributed by atoms with Gasteiger partial charge in [0.2, 0.25) is 11.8 Å². The van der Waals surface area contributed by atoms with Crippen molar-refractivity contribution < 1.29 is 9.53 Å². The minimum atomic E-state index is -0.123. The molecule has 0 atom stereocenters. The van der Waals surface area contributed by atoms with Crippen molar-refractivity contribution in [3.8, 4) is 34.3 Å². The molecule has 0 spiro atoms. The SMILES string of the molecule is COc1nc(-c2ccc(NC(C)=O)cc2)cc(-c2ccccc2)c1C#N. The Bertz CT molecular complexity index is 975. The quantitative estimate of drug-likeness (QED) is 0.768. The molecule has 1 aromatic heterocycles. The Labute approximate surface area is 151 Å². The summed E-state index contributed by atoms with van der Waals surface area (Å²) in [5, 5.41) is 12.3. The average Bonchev–Trinajstić information content (AvgIpc) is 2.67. The van der Waals surface area contributed by atoms with Crippen LogP contribution in [-0.4, -0.2) is 18.0 Å². The fraction of sp³-hybridized carbons (Fsp3) is 0.0952. The summed E-state index contributed by atoms with van der Waals surface area (Å²) in [7, 11) is 1.50. The zero-order valence-corrected chi connectivity index (χ0v) is 14.5. The number of hydrogen-bond acceptors (Lipinski definition) is 4. The monoisotopic (exact) mass is 343 g/mol. The second kappa shape index (κ2) is 7.49. The van der Waals surface area contributed by atoms with Gasteiger partial charge in [-0.25, -0.2) is 4.98 Å². The van der Waals surface area contributed by atoms with E-state index in [4.69, 9.17) is 4.74 Å². The number of pyridine rings is 1. The van der Waals surface area contributed by atoms with Gasteiger partial charge in [0.1, 0.15) is 11.6 Å². The van der Waals surface area contributed by atoms with Gasteiger partial charge in [0, 0.05) is 23.7 Å². The largest absolute Gasteiger partial charge is 0.480 e. The average molecular weight is 343 g/mol. The summed E-state index contributed by atoms with van der Waals surface area (Å²) in [6.45, 7) is 1.47. The van der Waals surface area contributed by atoms with Crippen molar-refractivity contribution in [2.45, 2.75) is 6.92 Å². The summed E-state index contributed by atoms with van der Waals surface area (Å²) in [6.07, 6.45) is 0. The molecule has 0 unspecified atom stereocenters. The number of amides is 1. The van der Waals surface area contributed by atoms with Crippen LogP contribution in [0.2, 0.25) is 0 Å². The summed E-state index contributed by atoms with van der Waals surface area (Å²) in [6, 6.07) is 21.1. The first-order chi connectivity index (χ1) is 12.6. The summed E-state index contributed by atoms with van der Waals surface area (Å²) in [5.41, 5.74) is 4.34. The molecule has 0 bridgehead atoms. The van der Waals surface area contributed by atoms with E-state index in [-0.39, 0.29) is 11.8 Å². The van der Waals surface area contributed by atoms with Crippen LogP contribution in [0.15, 0.2) is 60.7 Å². The lowest BCUT2D eigenvalue weighted by molar-refractivity contribution is -0.114. The van der Waals surface area contributed by atoms with Gasteiger partial charge in [0.05, 0.1) is 12.8 Å². The third-order valence-electron chi connectivity index (χ3n) is 3.88.